The average molecular weight is 337 g/mol. The summed E-state index contributed by atoms with van der Waals surface area (Å²) in [6, 6.07) is 12.7. The topological polar surface area (TPSA) is 68.4 Å². The van der Waals surface area contributed by atoms with E-state index in [2.05, 4.69) is 4.98 Å². The van der Waals surface area contributed by atoms with E-state index in [-0.39, 0.29) is 12.4 Å². The fraction of sp³-hybridized carbons (Fsp3) is 0.200. The SMILES string of the molecule is CCOc1ccc(C(C)=O)cc1COC(=O)c1c[nH]c2ccccc12. The Morgan fingerprint density at radius 2 is 1.92 bits per heavy atom. The van der Waals surface area contributed by atoms with Crippen LogP contribution in [0, 0.1) is 0 Å². The molecule has 1 heterocycles. The number of hydrogen-bond donors (Lipinski definition) is 1. The number of aromatic nitrogens is 1. The van der Waals surface area contributed by atoms with Crippen LogP contribution in [0.4, 0.5) is 0 Å². The molecule has 0 fully saturated rings. The van der Waals surface area contributed by atoms with E-state index in [1.165, 1.54) is 6.92 Å². The van der Waals surface area contributed by atoms with Gasteiger partial charge in [0.15, 0.2) is 5.78 Å². The van der Waals surface area contributed by atoms with Crippen LogP contribution in [0.2, 0.25) is 0 Å². The van der Waals surface area contributed by atoms with E-state index in [1.54, 1.807) is 24.4 Å². The number of carbonyl (C=O) groups is 2. The van der Waals surface area contributed by atoms with Crippen molar-refractivity contribution in [2.45, 2.75) is 20.5 Å². The number of Topliss-reactive ketones (excluding diaryl/α,β-unsaturated/α-hetero) is 1. The van der Waals surface area contributed by atoms with Crippen LogP contribution in [0.25, 0.3) is 10.9 Å². The molecule has 0 aliphatic rings. The third-order valence-electron chi connectivity index (χ3n) is 3.93. The summed E-state index contributed by atoms with van der Waals surface area (Å²) < 4.78 is 11.0. The number of rotatable bonds is 6. The number of hydrogen-bond acceptors (Lipinski definition) is 4. The molecule has 3 rings (SSSR count). The van der Waals surface area contributed by atoms with E-state index in [0.717, 1.165) is 10.9 Å². The second-order valence-corrected chi connectivity index (χ2v) is 5.64. The Hall–Kier alpha value is -3.08. The molecule has 0 aliphatic heterocycles. The van der Waals surface area contributed by atoms with Gasteiger partial charge in [-0.1, -0.05) is 18.2 Å². The summed E-state index contributed by atoms with van der Waals surface area (Å²) in [5.74, 6) is 0.139. The van der Waals surface area contributed by atoms with Gasteiger partial charge < -0.3 is 14.5 Å². The van der Waals surface area contributed by atoms with Crippen LogP contribution in [0.1, 0.15) is 40.1 Å². The standard InChI is InChI=1S/C20H19NO4/c1-3-24-19-9-8-14(13(2)22)10-15(19)12-25-20(23)17-11-21-18-7-5-4-6-16(17)18/h4-11,21H,3,12H2,1-2H3. The van der Waals surface area contributed by atoms with Crippen molar-refractivity contribution in [3.8, 4) is 5.75 Å². The number of aromatic amines is 1. The van der Waals surface area contributed by atoms with Gasteiger partial charge in [0.05, 0.1) is 12.2 Å². The lowest BCUT2D eigenvalue weighted by atomic mass is 10.1. The van der Waals surface area contributed by atoms with Crippen LogP contribution in [0.15, 0.2) is 48.7 Å². The van der Waals surface area contributed by atoms with E-state index in [0.29, 0.717) is 29.0 Å². The zero-order chi connectivity index (χ0) is 17.8. The molecule has 0 unspecified atom stereocenters. The highest BCUT2D eigenvalue weighted by atomic mass is 16.5. The Balaban J connectivity index is 1.81. The van der Waals surface area contributed by atoms with Crippen LogP contribution in [-0.2, 0) is 11.3 Å². The molecule has 0 amide bonds. The fourth-order valence-corrected chi connectivity index (χ4v) is 2.67. The maximum atomic E-state index is 12.4. The zero-order valence-corrected chi connectivity index (χ0v) is 14.2. The van der Waals surface area contributed by atoms with Gasteiger partial charge in [-0.15, -0.1) is 0 Å². The molecular formula is C20H19NO4. The van der Waals surface area contributed by atoms with Crippen LogP contribution >= 0.6 is 0 Å². The second-order valence-electron chi connectivity index (χ2n) is 5.64. The Morgan fingerprint density at radius 1 is 1.12 bits per heavy atom. The summed E-state index contributed by atoms with van der Waals surface area (Å²) in [4.78, 5) is 27.1. The number of benzene rings is 2. The Labute approximate surface area is 145 Å². The van der Waals surface area contributed by atoms with Crippen molar-refractivity contribution in [1.82, 2.24) is 4.98 Å². The van der Waals surface area contributed by atoms with Gasteiger partial charge in [0.1, 0.15) is 12.4 Å². The number of fused-ring (bicyclic) bond motifs is 1. The van der Waals surface area contributed by atoms with Crippen LogP contribution in [0.5, 0.6) is 5.75 Å². The van der Waals surface area contributed by atoms with Crippen molar-refractivity contribution < 1.29 is 19.1 Å². The molecule has 128 valence electrons. The molecule has 0 spiro atoms. The highest BCUT2D eigenvalue weighted by Gasteiger charge is 2.15. The molecular weight excluding hydrogens is 318 g/mol. The van der Waals surface area contributed by atoms with Crippen molar-refractivity contribution in [3.63, 3.8) is 0 Å². The largest absolute Gasteiger partial charge is 0.493 e. The first-order valence-electron chi connectivity index (χ1n) is 8.10. The summed E-state index contributed by atoms with van der Waals surface area (Å²) in [5.41, 5.74) is 2.59. The first-order chi connectivity index (χ1) is 12.1. The van der Waals surface area contributed by atoms with Crippen molar-refractivity contribution in [2.75, 3.05) is 6.61 Å². The summed E-state index contributed by atoms with van der Waals surface area (Å²) in [6.07, 6.45) is 1.64. The monoisotopic (exact) mass is 337 g/mol. The van der Waals surface area contributed by atoms with E-state index in [4.69, 9.17) is 9.47 Å². The fourth-order valence-electron chi connectivity index (χ4n) is 2.67. The van der Waals surface area contributed by atoms with Crippen molar-refractivity contribution in [2.24, 2.45) is 0 Å². The van der Waals surface area contributed by atoms with Gasteiger partial charge in [0, 0.05) is 28.2 Å². The minimum atomic E-state index is -0.423. The summed E-state index contributed by atoms with van der Waals surface area (Å²) in [6.45, 7) is 3.90. The molecule has 0 saturated heterocycles. The maximum absolute atomic E-state index is 12.4. The van der Waals surface area contributed by atoms with Gasteiger partial charge in [-0.2, -0.15) is 0 Å². The lowest BCUT2D eigenvalue weighted by molar-refractivity contribution is 0.0472. The van der Waals surface area contributed by atoms with Gasteiger partial charge in [-0.05, 0) is 38.1 Å². The second kappa shape index (κ2) is 7.21. The van der Waals surface area contributed by atoms with Crippen molar-refractivity contribution >= 4 is 22.7 Å². The van der Waals surface area contributed by atoms with Gasteiger partial charge in [0.2, 0.25) is 0 Å². The average Bonchev–Trinajstić information content (AvgIpc) is 3.05. The molecule has 5 nitrogen and oxygen atoms in total. The number of H-pyrrole nitrogens is 1. The Kier molecular flexibility index (Phi) is 4.84. The van der Waals surface area contributed by atoms with E-state index < -0.39 is 5.97 Å². The quantitative estimate of drug-likeness (QED) is 0.542. The van der Waals surface area contributed by atoms with Gasteiger partial charge in [-0.3, -0.25) is 4.79 Å². The summed E-state index contributed by atoms with van der Waals surface area (Å²) in [5, 5.41) is 0.815. The van der Waals surface area contributed by atoms with E-state index in [9.17, 15) is 9.59 Å². The van der Waals surface area contributed by atoms with Crippen molar-refractivity contribution in [3.05, 3.63) is 65.4 Å². The normalized spacial score (nSPS) is 10.6. The Morgan fingerprint density at radius 3 is 2.68 bits per heavy atom. The molecule has 1 aromatic heterocycles. The van der Waals surface area contributed by atoms with Gasteiger partial charge >= 0.3 is 5.97 Å². The van der Waals surface area contributed by atoms with Crippen LogP contribution < -0.4 is 4.74 Å². The number of para-hydroxylation sites is 1. The van der Waals surface area contributed by atoms with Crippen LogP contribution in [0.3, 0.4) is 0 Å². The maximum Gasteiger partial charge on any atom is 0.340 e. The first-order valence-corrected chi connectivity index (χ1v) is 8.10. The van der Waals surface area contributed by atoms with Gasteiger partial charge in [-0.25, -0.2) is 4.79 Å². The zero-order valence-electron chi connectivity index (χ0n) is 14.2. The van der Waals surface area contributed by atoms with Crippen LogP contribution in [-0.4, -0.2) is 23.3 Å². The Bertz CT molecular complexity index is 926. The summed E-state index contributed by atoms with van der Waals surface area (Å²) in [7, 11) is 0. The summed E-state index contributed by atoms with van der Waals surface area (Å²) >= 11 is 0. The lowest BCUT2D eigenvalue weighted by Crippen LogP contribution is -2.07. The molecule has 3 aromatic rings. The third-order valence-corrected chi connectivity index (χ3v) is 3.93. The van der Waals surface area contributed by atoms with E-state index in [1.807, 2.05) is 31.2 Å². The molecule has 0 aliphatic carbocycles. The number of esters is 1. The first kappa shape index (κ1) is 16.8. The van der Waals surface area contributed by atoms with Crippen molar-refractivity contribution in [1.29, 1.82) is 0 Å². The number of ether oxygens (including phenoxy) is 2. The third kappa shape index (κ3) is 3.55. The number of nitrogens with one attached hydrogen (secondary N) is 1. The number of ketones is 1. The van der Waals surface area contributed by atoms with Gasteiger partial charge in [0.25, 0.3) is 0 Å². The molecule has 1 N–H and O–H groups in total. The molecule has 25 heavy (non-hydrogen) atoms. The lowest BCUT2D eigenvalue weighted by Gasteiger charge is -2.12. The molecule has 0 bridgehead atoms. The smallest absolute Gasteiger partial charge is 0.340 e. The highest BCUT2D eigenvalue weighted by Crippen LogP contribution is 2.23. The highest BCUT2D eigenvalue weighted by molar-refractivity contribution is 6.04. The molecule has 0 radical (unpaired) electrons. The minimum absolute atomic E-state index is 0.0365. The molecule has 2 aromatic carbocycles. The molecule has 0 saturated carbocycles. The predicted octanol–water partition coefficient (Wildman–Crippen LogP) is 4.13. The van der Waals surface area contributed by atoms with E-state index >= 15 is 0 Å². The minimum Gasteiger partial charge on any atom is -0.493 e. The number of carbonyl (C=O) groups excluding carboxylic acids is 2. The molecule has 5 heteroatoms. The molecule has 0 atom stereocenters. The predicted molar refractivity (Wildman–Crippen MR) is 95.0 cm³/mol.